The summed E-state index contributed by atoms with van der Waals surface area (Å²) in [7, 11) is 0. The van der Waals surface area contributed by atoms with Gasteiger partial charge in [0.1, 0.15) is 5.54 Å². The summed E-state index contributed by atoms with van der Waals surface area (Å²) in [5.74, 6) is -0.352. The van der Waals surface area contributed by atoms with Gasteiger partial charge in [0.2, 0.25) is 5.56 Å². The van der Waals surface area contributed by atoms with Gasteiger partial charge in [-0.3, -0.25) is 9.59 Å². The van der Waals surface area contributed by atoms with E-state index >= 15 is 0 Å². The third-order valence-electron chi connectivity index (χ3n) is 3.56. The lowest BCUT2D eigenvalue weighted by Crippen LogP contribution is -2.47. The van der Waals surface area contributed by atoms with Crippen LogP contribution in [0, 0.1) is 11.3 Å². The van der Waals surface area contributed by atoms with Gasteiger partial charge < -0.3 is 10.3 Å². The number of nitriles is 1. The first-order valence-electron chi connectivity index (χ1n) is 6.58. The predicted octanol–water partition coefficient (Wildman–Crippen LogP) is 1.72. The molecule has 0 spiro atoms. The van der Waals surface area contributed by atoms with Gasteiger partial charge in [-0.1, -0.05) is 25.7 Å². The van der Waals surface area contributed by atoms with E-state index in [0.717, 1.165) is 25.7 Å². The van der Waals surface area contributed by atoms with Crippen molar-refractivity contribution in [2.24, 2.45) is 0 Å². The molecule has 2 N–H and O–H groups in total. The molecule has 1 amide bonds. The monoisotopic (exact) mass is 259 g/mol. The van der Waals surface area contributed by atoms with Gasteiger partial charge in [0.05, 0.1) is 6.07 Å². The Morgan fingerprint density at radius 2 is 2.00 bits per heavy atom. The number of rotatable bonds is 2. The summed E-state index contributed by atoms with van der Waals surface area (Å²) >= 11 is 0. The van der Waals surface area contributed by atoms with Crippen molar-refractivity contribution in [2.45, 2.75) is 44.1 Å². The number of carbonyl (C=O) groups is 1. The highest BCUT2D eigenvalue weighted by atomic mass is 16.2. The van der Waals surface area contributed by atoms with Crippen LogP contribution in [0.3, 0.4) is 0 Å². The van der Waals surface area contributed by atoms with E-state index in [9.17, 15) is 14.9 Å². The molecule has 1 fully saturated rings. The lowest BCUT2D eigenvalue weighted by molar-refractivity contribution is 0.0912. The maximum atomic E-state index is 12.1. The molecule has 0 aliphatic heterocycles. The van der Waals surface area contributed by atoms with Gasteiger partial charge in [0, 0.05) is 17.8 Å². The van der Waals surface area contributed by atoms with Crippen LogP contribution in [0.5, 0.6) is 0 Å². The van der Waals surface area contributed by atoms with Crippen LogP contribution in [0.1, 0.15) is 48.9 Å². The zero-order chi connectivity index (χ0) is 13.7. The van der Waals surface area contributed by atoms with E-state index in [4.69, 9.17) is 0 Å². The summed E-state index contributed by atoms with van der Waals surface area (Å²) in [6, 6.07) is 5.04. The molecule has 100 valence electrons. The average molecular weight is 259 g/mol. The molecule has 1 aliphatic carbocycles. The van der Waals surface area contributed by atoms with Crippen molar-refractivity contribution in [3.05, 3.63) is 34.2 Å². The van der Waals surface area contributed by atoms with Crippen molar-refractivity contribution < 1.29 is 4.79 Å². The molecule has 2 rings (SSSR count). The molecule has 1 aliphatic rings. The maximum Gasteiger partial charge on any atom is 0.252 e. The highest BCUT2D eigenvalue weighted by Gasteiger charge is 2.32. The molecular weight excluding hydrogens is 242 g/mol. The fourth-order valence-electron chi connectivity index (χ4n) is 2.47. The van der Waals surface area contributed by atoms with E-state index < -0.39 is 5.54 Å². The van der Waals surface area contributed by atoms with Crippen molar-refractivity contribution in [1.82, 2.24) is 10.3 Å². The first kappa shape index (κ1) is 13.3. The lowest BCUT2D eigenvalue weighted by Gasteiger charge is -2.26. The smallest absolute Gasteiger partial charge is 0.252 e. The summed E-state index contributed by atoms with van der Waals surface area (Å²) in [6.45, 7) is 0. The quantitative estimate of drug-likeness (QED) is 0.793. The molecule has 1 heterocycles. The van der Waals surface area contributed by atoms with E-state index in [1.807, 2.05) is 0 Å². The third-order valence-corrected chi connectivity index (χ3v) is 3.56. The number of hydrogen-bond donors (Lipinski definition) is 2. The molecule has 0 atom stereocenters. The van der Waals surface area contributed by atoms with Crippen LogP contribution < -0.4 is 10.9 Å². The molecule has 0 radical (unpaired) electrons. The minimum Gasteiger partial charge on any atom is -0.334 e. The van der Waals surface area contributed by atoms with Crippen LogP contribution in [-0.4, -0.2) is 16.4 Å². The van der Waals surface area contributed by atoms with Crippen LogP contribution in [-0.2, 0) is 0 Å². The van der Waals surface area contributed by atoms with Crippen molar-refractivity contribution in [3.63, 3.8) is 0 Å². The van der Waals surface area contributed by atoms with Crippen LogP contribution in [0.4, 0.5) is 0 Å². The van der Waals surface area contributed by atoms with E-state index in [0.29, 0.717) is 18.4 Å². The molecule has 5 heteroatoms. The lowest BCUT2D eigenvalue weighted by atomic mass is 9.91. The average Bonchev–Trinajstić information content (AvgIpc) is 2.65. The Labute approximate surface area is 111 Å². The fourth-order valence-corrected chi connectivity index (χ4v) is 2.47. The molecule has 19 heavy (non-hydrogen) atoms. The number of nitrogens with one attached hydrogen (secondary N) is 2. The van der Waals surface area contributed by atoms with Gasteiger partial charge in [0.25, 0.3) is 5.91 Å². The summed E-state index contributed by atoms with van der Waals surface area (Å²) in [5.41, 5.74) is -0.807. The molecule has 0 unspecified atom stereocenters. The highest BCUT2D eigenvalue weighted by Crippen LogP contribution is 2.26. The second-order valence-corrected chi connectivity index (χ2v) is 5.00. The Morgan fingerprint density at radius 1 is 1.32 bits per heavy atom. The number of carbonyl (C=O) groups excluding carboxylic acids is 1. The summed E-state index contributed by atoms with van der Waals surface area (Å²) < 4.78 is 0. The van der Waals surface area contributed by atoms with Gasteiger partial charge in [-0.2, -0.15) is 5.26 Å². The van der Waals surface area contributed by atoms with Crippen LogP contribution >= 0.6 is 0 Å². The van der Waals surface area contributed by atoms with E-state index in [-0.39, 0.29) is 11.5 Å². The Kier molecular flexibility index (Phi) is 4.00. The number of amides is 1. The predicted molar refractivity (Wildman–Crippen MR) is 70.6 cm³/mol. The Balaban J connectivity index is 2.16. The van der Waals surface area contributed by atoms with Crippen molar-refractivity contribution in [3.8, 4) is 6.07 Å². The molecule has 0 bridgehead atoms. The Hall–Kier alpha value is -2.09. The Bertz CT molecular complexity index is 548. The highest BCUT2D eigenvalue weighted by molar-refractivity contribution is 5.94. The summed E-state index contributed by atoms with van der Waals surface area (Å²) in [5, 5.41) is 12.2. The first-order valence-corrected chi connectivity index (χ1v) is 6.58. The van der Waals surface area contributed by atoms with Crippen molar-refractivity contribution in [1.29, 1.82) is 5.26 Å². The number of hydrogen-bond acceptors (Lipinski definition) is 3. The molecular formula is C14H17N3O2. The normalized spacial score (nSPS) is 18.1. The van der Waals surface area contributed by atoms with Crippen LogP contribution in [0.15, 0.2) is 23.1 Å². The fraction of sp³-hybridized carbons (Fsp3) is 0.500. The third kappa shape index (κ3) is 3.22. The minimum absolute atomic E-state index is 0.294. The second kappa shape index (κ2) is 5.70. The van der Waals surface area contributed by atoms with E-state index in [2.05, 4.69) is 16.4 Å². The number of nitrogens with zero attached hydrogens (tertiary/aromatic N) is 1. The summed E-state index contributed by atoms with van der Waals surface area (Å²) in [6.07, 6.45) is 6.89. The largest absolute Gasteiger partial charge is 0.334 e. The number of aromatic amines is 1. The van der Waals surface area contributed by atoms with Crippen molar-refractivity contribution in [2.75, 3.05) is 0 Å². The van der Waals surface area contributed by atoms with Gasteiger partial charge in [0.15, 0.2) is 0 Å². The van der Waals surface area contributed by atoms with Gasteiger partial charge in [-0.05, 0) is 18.9 Å². The molecule has 1 aromatic rings. The molecule has 5 nitrogen and oxygen atoms in total. The summed E-state index contributed by atoms with van der Waals surface area (Å²) in [4.78, 5) is 25.8. The van der Waals surface area contributed by atoms with E-state index in [1.54, 1.807) is 6.07 Å². The van der Waals surface area contributed by atoms with Gasteiger partial charge in [-0.15, -0.1) is 0 Å². The second-order valence-electron chi connectivity index (χ2n) is 5.00. The minimum atomic E-state index is -0.782. The Morgan fingerprint density at radius 3 is 2.58 bits per heavy atom. The van der Waals surface area contributed by atoms with Crippen LogP contribution in [0.2, 0.25) is 0 Å². The van der Waals surface area contributed by atoms with Crippen molar-refractivity contribution >= 4 is 5.91 Å². The first-order chi connectivity index (χ1) is 9.15. The maximum absolute atomic E-state index is 12.1. The SMILES string of the molecule is N#CC1(NC(=O)c2cc[nH]c(=O)c2)CCCCCC1. The topological polar surface area (TPSA) is 85.8 Å². The molecule has 1 aromatic heterocycles. The van der Waals surface area contributed by atoms with Gasteiger partial charge in [-0.25, -0.2) is 0 Å². The standard InChI is InChI=1S/C14H17N3O2/c15-10-14(6-3-1-2-4-7-14)17-13(19)11-5-8-16-12(18)9-11/h5,8-9H,1-4,6-7H2,(H,16,18)(H,17,19). The zero-order valence-corrected chi connectivity index (χ0v) is 10.7. The number of aromatic nitrogens is 1. The molecule has 1 saturated carbocycles. The molecule has 0 saturated heterocycles. The van der Waals surface area contributed by atoms with Gasteiger partial charge >= 0.3 is 0 Å². The zero-order valence-electron chi connectivity index (χ0n) is 10.7. The number of pyridine rings is 1. The van der Waals surface area contributed by atoms with Crippen LogP contribution in [0.25, 0.3) is 0 Å². The number of H-pyrrole nitrogens is 1. The molecule has 0 aromatic carbocycles. The van der Waals surface area contributed by atoms with E-state index in [1.165, 1.54) is 12.3 Å².